The molecule has 0 bridgehead atoms. The molecule has 1 aliphatic carbocycles. The summed E-state index contributed by atoms with van der Waals surface area (Å²) in [6, 6.07) is 23.3. The number of carbonyl (C=O) groups excluding carboxylic acids is 3. The van der Waals surface area contributed by atoms with Gasteiger partial charge >= 0.3 is 18.1 Å². The number of amides is 1. The third-order valence-electron chi connectivity index (χ3n) is 8.48. The molecule has 0 radical (unpaired) electrons. The molecule has 234 valence electrons. The van der Waals surface area contributed by atoms with Gasteiger partial charge in [-0.15, -0.1) is 0 Å². The Morgan fingerprint density at radius 1 is 0.933 bits per heavy atom. The fraction of sp³-hybridized carbons (Fsp3) is 0.333. The smallest absolute Gasteiger partial charge is 0.480 e. The normalized spacial score (nSPS) is 22.7. The molecule has 45 heavy (non-hydrogen) atoms. The highest BCUT2D eigenvalue weighted by Gasteiger charge is 2.61. The average Bonchev–Trinajstić information content (AvgIpc) is 3.55. The van der Waals surface area contributed by atoms with Crippen molar-refractivity contribution in [1.29, 1.82) is 0 Å². The van der Waals surface area contributed by atoms with Crippen LogP contribution in [0, 0.1) is 21.4 Å². The van der Waals surface area contributed by atoms with Gasteiger partial charge in [0.25, 0.3) is 5.69 Å². The van der Waals surface area contributed by atoms with Crippen LogP contribution in [0.5, 0.6) is 5.75 Å². The second-order valence-corrected chi connectivity index (χ2v) is 11.2. The molecule has 0 spiro atoms. The van der Waals surface area contributed by atoms with Crippen LogP contribution in [0.15, 0.2) is 84.9 Å². The summed E-state index contributed by atoms with van der Waals surface area (Å²) in [5.41, 5.74) is -0.595. The number of benzene rings is 3. The number of carboxylic acid groups (broad SMARTS) is 1. The van der Waals surface area contributed by atoms with Crippen LogP contribution in [0.2, 0.25) is 0 Å². The molecular formula is C33H32N2O10. The number of carboxylic acids is 1. The first kappa shape index (κ1) is 31.2. The number of esters is 1. The number of aliphatic carboxylic acids is 1. The number of hydrogen-bond acceptors (Lipinski definition) is 9. The van der Waals surface area contributed by atoms with Crippen molar-refractivity contribution in [2.75, 3.05) is 13.1 Å². The van der Waals surface area contributed by atoms with Crippen LogP contribution < -0.4 is 4.74 Å². The quantitative estimate of drug-likeness (QED) is 0.112. The van der Waals surface area contributed by atoms with Crippen molar-refractivity contribution in [3.63, 3.8) is 0 Å². The molecule has 2 fully saturated rings. The molecule has 1 aliphatic heterocycles. The van der Waals surface area contributed by atoms with E-state index in [1.807, 2.05) is 30.3 Å². The predicted octanol–water partition coefficient (Wildman–Crippen LogP) is 5.11. The zero-order valence-electron chi connectivity index (χ0n) is 24.3. The summed E-state index contributed by atoms with van der Waals surface area (Å²) >= 11 is 0. The number of non-ortho nitro benzene ring substituents is 1. The number of nitro benzene ring substituents is 1. The molecule has 5 rings (SSSR count). The summed E-state index contributed by atoms with van der Waals surface area (Å²) in [4.78, 5) is 65.2. The van der Waals surface area contributed by atoms with Crippen molar-refractivity contribution in [2.45, 2.75) is 44.3 Å². The second-order valence-electron chi connectivity index (χ2n) is 11.2. The van der Waals surface area contributed by atoms with Crippen LogP contribution in [0.1, 0.15) is 42.7 Å². The Kier molecular flexibility index (Phi) is 9.41. The van der Waals surface area contributed by atoms with Crippen molar-refractivity contribution in [3.8, 4) is 5.75 Å². The van der Waals surface area contributed by atoms with Gasteiger partial charge in [-0.2, -0.15) is 0 Å². The van der Waals surface area contributed by atoms with Crippen molar-refractivity contribution < 1.29 is 43.4 Å². The van der Waals surface area contributed by atoms with Gasteiger partial charge in [0.15, 0.2) is 5.41 Å². The van der Waals surface area contributed by atoms with Crippen molar-refractivity contribution in [2.24, 2.45) is 11.3 Å². The van der Waals surface area contributed by atoms with E-state index < -0.39 is 46.4 Å². The molecule has 12 heteroatoms. The van der Waals surface area contributed by atoms with Crippen molar-refractivity contribution >= 4 is 29.7 Å². The van der Waals surface area contributed by atoms with Gasteiger partial charge in [-0.05, 0) is 48.9 Å². The minimum absolute atomic E-state index is 0.00251. The van der Waals surface area contributed by atoms with Crippen LogP contribution in [-0.2, 0) is 30.5 Å². The first-order valence-electron chi connectivity index (χ1n) is 14.6. The summed E-state index contributed by atoms with van der Waals surface area (Å²) in [6.07, 6.45) is -2.02. The lowest BCUT2D eigenvalue weighted by atomic mass is 9.64. The Hall–Kier alpha value is -5.26. The van der Waals surface area contributed by atoms with Crippen LogP contribution in [0.3, 0.4) is 0 Å². The number of nitro groups is 1. The van der Waals surface area contributed by atoms with Crippen LogP contribution in [0.25, 0.3) is 0 Å². The van der Waals surface area contributed by atoms with E-state index in [1.54, 1.807) is 30.3 Å². The SMILES string of the molecule is O=C(Oc1ccc([N+](=O)[O-])cc1)OC1CCC(C(=O)O)(C(=O)N2CCC(c3ccccc3)C2)C(C(=O)OCc2ccccc2)C1. The van der Waals surface area contributed by atoms with Crippen LogP contribution in [-0.4, -0.2) is 58.1 Å². The summed E-state index contributed by atoms with van der Waals surface area (Å²) in [6.45, 7) is 0.513. The minimum Gasteiger partial charge on any atom is -0.480 e. The maximum atomic E-state index is 14.1. The second kappa shape index (κ2) is 13.6. The largest absolute Gasteiger partial charge is 0.514 e. The topological polar surface area (TPSA) is 163 Å². The van der Waals surface area contributed by atoms with Crippen molar-refractivity contribution in [3.05, 3.63) is 106 Å². The minimum atomic E-state index is -2.12. The monoisotopic (exact) mass is 616 g/mol. The van der Waals surface area contributed by atoms with E-state index in [2.05, 4.69) is 0 Å². The van der Waals surface area contributed by atoms with E-state index in [0.717, 1.165) is 17.7 Å². The summed E-state index contributed by atoms with van der Waals surface area (Å²) in [5.74, 6) is -4.42. The zero-order chi connectivity index (χ0) is 32.0. The average molecular weight is 617 g/mol. The maximum absolute atomic E-state index is 14.1. The molecular weight excluding hydrogens is 584 g/mol. The highest BCUT2D eigenvalue weighted by Crippen LogP contribution is 2.46. The first-order chi connectivity index (χ1) is 21.7. The predicted molar refractivity (Wildman–Crippen MR) is 158 cm³/mol. The van der Waals surface area contributed by atoms with E-state index in [-0.39, 0.29) is 43.2 Å². The van der Waals surface area contributed by atoms with E-state index >= 15 is 0 Å². The molecule has 3 aromatic carbocycles. The Morgan fingerprint density at radius 3 is 2.24 bits per heavy atom. The third kappa shape index (κ3) is 6.95. The molecule has 2 aliphatic rings. The van der Waals surface area contributed by atoms with Crippen molar-refractivity contribution in [1.82, 2.24) is 4.90 Å². The Morgan fingerprint density at radius 2 is 1.60 bits per heavy atom. The molecule has 3 aromatic rings. The molecule has 0 aromatic heterocycles. The summed E-state index contributed by atoms with van der Waals surface area (Å²) in [5, 5.41) is 21.5. The lowest BCUT2D eigenvalue weighted by molar-refractivity contribution is -0.384. The van der Waals surface area contributed by atoms with E-state index in [4.69, 9.17) is 14.2 Å². The number of nitrogens with zero attached hydrogens (tertiary/aromatic N) is 2. The standard InChI is InChI=1S/C33H32N2O10/c36-29(43-21-22-7-3-1-4-8-22)28-19-27(45-32(40)44-26-13-11-25(12-14-26)35(41)42)15-17-33(28,31(38)39)30(37)34-18-16-24(20-34)23-9-5-2-6-10-23/h1-14,24,27-28H,15-21H2,(H,38,39). The molecule has 1 N–H and O–H groups in total. The van der Waals surface area contributed by atoms with Gasteiger partial charge in [-0.25, -0.2) is 4.79 Å². The zero-order valence-corrected chi connectivity index (χ0v) is 24.3. The van der Waals surface area contributed by atoms with Gasteiger partial charge in [0.1, 0.15) is 18.5 Å². The lowest BCUT2D eigenvalue weighted by Gasteiger charge is -2.42. The lowest BCUT2D eigenvalue weighted by Crippen LogP contribution is -2.57. The van der Waals surface area contributed by atoms with Gasteiger partial charge < -0.3 is 24.2 Å². The molecule has 1 saturated carbocycles. The molecule has 12 nitrogen and oxygen atoms in total. The molecule has 4 atom stereocenters. The molecule has 4 unspecified atom stereocenters. The van der Waals surface area contributed by atoms with E-state index in [0.29, 0.717) is 25.1 Å². The Balaban J connectivity index is 1.34. The third-order valence-corrected chi connectivity index (χ3v) is 8.48. The Labute approximate surface area is 258 Å². The summed E-state index contributed by atoms with van der Waals surface area (Å²) < 4.78 is 16.1. The summed E-state index contributed by atoms with van der Waals surface area (Å²) in [7, 11) is 0. The maximum Gasteiger partial charge on any atom is 0.514 e. The fourth-order valence-electron chi connectivity index (χ4n) is 6.10. The van der Waals surface area contributed by atoms with Gasteiger partial charge in [0, 0.05) is 31.1 Å². The number of ether oxygens (including phenoxy) is 3. The molecule has 1 heterocycles. The van der Waals surface area contributed by atoms with Gasteiger partial charge in [0.05, 0.1) is 10.8 Å². The van der Waals surface area contributed by atoms with E-state index in [1.165, 1.54) is 17.0 Å². The number of hydrogen-bond donors (Lipinski definition) is 1. The first-order valence-corrected chi connectivity index (χ1v) is 14.6. The highest BCUT2D eigenvalue weighted by molar-refractivity contribution is 6.06. The van der Waals surface area contributed by atoms with Crippen LogP contribution >= 0.6 is 0 Å². The van der Waals surface area contributed by atoms with Gasteiger partial charge in [0.2, 0.25) is 5.91 Å². The van der Waals surface area contributed by atoms with Gasteiger partial charge in [-0.3, -0.25) is 24.5 Å². The van der Waals surface area contributed by atoms with Crippen LogP contribution in [0.4, 0.5) is 10.5 Å². The highest BCUT2D eigenvalue weighted by atomic mass is 16.7. The fourth-order valence-corrected chi connectivity index (χ4v) is 6.10. The number of rotatable bonds is 9. The molecule has 1 saturated heterocycles. The Bertz CT molecular complexity index is 1550. The van der Waals surface area contributed by atoms with Gasteiger partial charge in [-0.1, -0.05) is 60.7 Å². The number of likely N-dealkylation sites (tertiary alicyclic amines) is 1. The van der Waals surface area contributed by atoms with E-state index in [9.17, 15) is 34.4 Å². The number of carbonyl (C=O) groups is 4. The molecule has 1 amide bonds.